The van der Waals surface area contributed by atoms with Crippen molar-refractivity contribution in [1.29, 1.82) is 0 Å². The zero-order chi connectivity index (χ0) is 17.0. The Morgan fingerprint density at radius 2 is 1.91 bits per heavy atom. The Hall–Kier alpha value is -1.86. The highest BCUT2D eigenvalue weighted by Gasteiger charge is 2.56. The Morgan fingerprint density at radius 3 is 2.39 bits per heavy atom. The number of rotatable bonds is 4. The lowest BCUT2D eigenvalue weighted by Gasteiger charge is -2.22. The first kappa shape index (κ1) is 16.0. The maximum atomic E-state index is 12.7. The number of carbonyl (C=O) groups excluding carboxylic acids is 2. The Bertz CT molecular complexity index is 706. The lowest BCUT2D eigenvalue weighted by molar-refractivity contribution is -0.384. The first-order chi connectivity index (χ1) is 10.6. The summed E-state index contributed by atoms with van der Waals surface area (Å²) in [5.74, 6) is -0.563. The molecular weight excluding hydrogens is 345 g/mol. The van der Waals surface area contributed by atoms with Gasteiger partial charge in [0.1, 0.15) is 9.87 Å². The fraction of sp³-hybridized carbons (Fsp3) is 0.429. The summed E-state index contributed by atoms with van der Waals surface area (Å²) in [7, 11) is 0. The van der Waals surface area contributed by atoms with Crippen LogP contribution >= 0.6 is 23.2 Å². The highest BCUT2D eigenvalue weighted by Crippen LogP contribution is 2.53. The third kappa shape index (κ3) is 2.64. The number of alkyl halides is 2. The van der Waals surface area contributed by atoms with E-state index < -0.39 is 26.7 Å². The Labute approximate surface area is 141 Å². The maximum Gasteiger partial charge on any atom is 0.325 e. The fourth-order valence-corrected chi connectivity index (χ4v) is 3.17. The second kappa shape index (κ2) is 5.07. The number of non-ortho nitro benzene ring substituents is 1. The van der Waals surface area contributed by atoms with E-state index in [1.807, 2.05) is 0 Å². The summed E-state index contributed by atoms with van der Waals surface area (Å²) in [6, 6.07) is 5.00. The molecule has 1 saturated heterocycles. The molecule has 0 bridgehead atoms. The van der Waals surface area contributed by atoms with Gasteiger partial charge in [0.25, 0.3) is 11.6 Å². The third-order valence-corrected chi connectivity index (χ3v) is 5.21. The molecule has 9 heteroatoms. The highest BCUT2D eigenvalue weighted by atomic mass is 35.5. The van der Waals surface area contributed by atoms with Crippen LogP contribution in [-0.4, -0.2) is 32.6 Å². The van der Waals surface area contributed by atoms with Gasteiger partial charge in [-0.05, 0) is 31.0 Å². The quantitative estimate of drug-likeness (QED) is 0.387. The van der Waals surface area contributed by atoms with Gasteiger partial charge in [0.2, 0.25) is 0 Å². The van der Waals surface area contributed by atoms with E-state index in [0.717, 1.165) is 4.90 Å². The van der Waals surface area contributed by atoms with Crippen LogP contribution in [0.2, 0.25) is 0 Å². The van der Waals surface area contributed by atoms with Gasteiger partial charge in [-0.15, -0.1) is 23.2 Å². The number of nitro groups is 1. The second-order valence-electron chi connectivity index (χ2n) is 5.94. The number of hydrogen-bond donors (Lipinski definition) is 1. The zero-order valence-corrected chi connectivity index (χ0v) is 13.6. The first-order valence-corrected chi connectivity index (χ1v) is 7.67. The van der Waals surface area contributed by atoms with E-state index in [-0.39, 0.29) is 18.2 Å². The summed E-state index contributed by atoms with van der Waals surface area (Å²) >= 11 is 11.9. The van der Waals surface area contributed by atoms with Crippen molar-refractivity contribution in [1.82, 2.24) is 10.2 Å². The van der Waals surface area contributed by atoms with Gasteiger partial charge >= 0.3 is 6.03 Å². The SMILES string of the molecule is CC1(c2ccc([N+](=O)[O-])cc2)NC(=O)N(CC2CC2(Cl)Cl)C1=O. The summed E-state index contributed by atoms with van der Waals surface area (Å²) in [6.07, 6.45) is 0.529. The van der Waals surface area contributed by atoms with E-state index in [1.165, 1.54) is 24.3 Å². The van der Waals surface area contributed by atoms with Gasteiger partial charge in [0.05, 0.1) is 4.92 Å². The molecule has 1 aromatic rings. The van der Waals surface area contributed by atoms with Crippen molar-refractivity contribution in [3.8, 4) is 0 Å². The molecule has 1 N–H and O–H groups in total. The number of nitro benzene ring substituents is 1. The van der Waals surface area contributed by atoms with Crippen LogP contribution in [0, 0.1) is 16.0 Å². The van der Waals surface area contributed by atoms with Crippen molar-refractivity contribution in [2.75, 3.05) is 6.54 Å². The van der Waals surface area contributed by atoms with Crippen LogP contribution in [0.3, 0.4) is 0 Å². The summed E-state index contributed by atoms with van der Waals surface area (Å²) in [5.41, 5.74) is -0.872. The molecule has 23 heavy (non-hydrogen) atoms. The largest absolute Gasteiger partial charge is 0.325 e. The summed E-state index contributed by atoms with van der Waals surface area (Å²) < 4.78 is -0.882. The van der Waals surface area contributed by atoms with Gasteiger partial charge in [-0.25, -0.2) is 4.79 Å². The first-order valence-electron chi connectivity index (χ1n) is 6.92. The molecule has 2 aliphatic rings. The minimum atomic E-state index is -1.26. The number of nitrogens with one attached hydrogen (secondary N) is 1. The van der Waals surface area contributed by atoms with Gasteiger partial charge in [0.15, 0.2) is 0 Å². The van der Waals surface area contributed by atoms with E-state index in [2.05, 4.69) is 5.32 Å². The predicted octanol–water partition coefficient (Wildman–Crippen LogP) is 2.56. The molecule has 3 amide bonds. The molecule has 0 spiro atoms. The molecule has 1 aliphatic carbocycles. The minimum Gasteiger partial charge on any atom is -0.319 e. The maximum absolute atomic E-state index is 12.7. The van der Waals surface area contributed by atoms with E-state index >= 15 is 0 Å². The normalized spacial score (nSPS) is 28.7. The lowest BCUT2D eigenvalue weighted by atomic mass is 9.92. The highest BCUT2D eigenvalue weighted by molar-refractivity contribution is 6.50. The molecule has 1 aromatic carbocycles. The smallest absolute Gasteiger partial charge is 0.319 e. The van der Waals surface area contributed by atoms with Crippen LogP contribution in [-0.2, 0) is 10.3 Å². The zero-order valence-electron chi connectivity index (χ0n) is 12.1. The molecule has 3 rings (SSSR count). The molecule has 2 atom stereocenters. The van der Waals surface area contributed by atoms with Crippen molar-refractivity contribution >= 4 is 40.8 Å². The van der Waals surface area contributed by atoms with Gasteiger partial charge in [0, 0.05) is 24.6 Å². The fourth-order valence-electron chi connectivity index (χ4n) is 2.66. The average Bonchev–Trinajstić information content (AvgIpc) is 3.03. The van der Waals surface area contributed by atoms with Gasteiger partial charge < -0.3 is 5.32 Å². The number of imide groups is 1. The van der Waals surface area contributed by atoms with E-state index in [9.17, 15) is 19.7 Å². The van der Waals surface area contributed by atoms with E-state index in [0.29, 0.717) is 12.0 Å². The van der Waals surface area contributed by atoms with Crippen LogP contribution in [0.25, 0.3) is 0 Å². The molecule has 7 nitrogen and oxygen atoms in total. The number of nitrogens with zero attached hydrogens (tertiary/aromatic N) is 2. The lowest BCUT2D eigenvalue weighted by Crippen LogP contribution is -2.41. The van der Waals surface area contributed by atoms with Crippen LogP contribution < -0.4 is 5.32 Å². The van der Waals surface area contributed by atoms with Gasteiger partial charge in [-0.1, -0.05) is 0 Å². The number of hydrogen-bond acceptors (Lipinski definition) is 4. The summed E-state index contributed by atoms with van der Waals surface area (Å²) in [6.45, 7) is 1.72. The molecule has 0 aromatic heterocycles. The van der Waals surface area contributed by atoms with Crippen LogP contribution in [0.5, 0.6) is 0 Å². The molecule has 0 radical (unpaired) electrons. The molecule has 1 saturated carbocycles. The molecule has 2 unspecified atom stereocenters. The average molecular weight is 358 g/mol. The number of urea groups is 1. The number of amides is 3. The van der Waals surface area contributed by atoms with Crippen molar-refractivity contribution in [3.05, 3.63) is 39.9 Å². The minimum absolute atomic E-state index is 0.0852. The topological polar surface area (TPSA) is 92.6 Å². The standard InChI is InChI=1S/C14H13Cl2N3O4/c1-13(8-2-4-10(5-3-8)19(22)23)11(20)18(12(21)17-13)7-9-6-14(9,15)16/h2-5,9H,6-7H2,1H3,(H,17,21). The molecule has 1 aliphatic heterocycles. The number of halogens is 2. The van der Waals surface area contributed by atoms with Crippen molar-refractivity contribution in [3.63, 3.8) is 0 Å². The van der Waals surface area contributed by atoms with Gasteiger partial charge in [-0.3, -0.25) is 19.8 Å². The van der Waals surface area contributed by atoms with Crippen LogP contribution in [0.1, 0.15) is 18.9 Å². The predicted molar refractivity (Wildman–Crippen MR) is 83.2 cm³/mol. The molecular formula is C14H13Cl2N3O4. The molecule has 122 valence electrons. The van der Waals surface area contributed by atoms with E-state index in [4.69, 9.17) is 23.2 Å². The Kier molecular flexibility index (Phi) is 3.53. The summed E-state index contributed by atoms with van der Waals surface area (Å²) in [5, 5.41) is 13.3. The van der Waals surface area contributed by atoms with Crippen LogP contribution in [0.4, 0.5) is 10.5 Å². The number of benzene rings is 1. The van der Waals surface area contributed by atoms with Crippen LogP contribution in [0.15, 0.2) is 24.3 Å². The Balaban J connectivity index is 1.83. The Morgan fingerprint density at radius 1 is 1.35 bits per heavy atom. The van der Waals surface area contributed by atoms with E-state index in [1.54, 1.807) is 6.92 Å². The van der Waals surface area contributed by atoms with Gasteiger partial charge in [-0.2, -0.15) is 0 Å². The monoisotopic (exact) mass is 357 g/mol. The third-order valence-electron chi connectivity index (χ3n) is 4.29. The van der Waals surface area contributed by atoms with Crippen molar-refractivity contribution in [2.45, 2.75) is 23.2 Å². The molecule has 1 heterocycles. The summed E-state index contributed by atoms with van der Waals surface area (Å²) in [4.78, 5) is 36.1. The second-order valence-corrected chi connectivity index (χ2v) is 7.48. The van der Waals surface area contributed by atoms with Crippen molar-refractivity contribution < 1.29 is 14.5 Å². The molecule has 2 fully saturated rings. The number of carbonyl (C=O) groups is 2. The van der Waals surface area contributed by atoms with Crippen molar-refractivity contribution in [2.24, 2.45) is 5.92 Å².